The molecule has 5 heteroatoms. The van der Waals surface area contributed by atoms with Crippen molar-refractivity contribution in [1.82, 2.24) is 4.90 Å². The summed E-state index contributed by atoms with van der Waals surface area (Å²) in [6, 6.07) is 7.16. The van der Waals surface area contributed by atoms with Gasteiger partial charge in [-0.25, -0.2) is 0 Å². The van der Waals surface area contributed by atoms with Gasteiger partial charge >= 0.3 is 0 Å². The summed E-state index contributed by atoms with van der Waals surface area (Å²) >= 11 is 5.95. The first kappa shape index (κ1) is 17.7. The minimum Gasteiger partial charge on any atom is -0.480 e. The fourth-order valence-corrected chi connectivity index (χ4v) is 5.97. The van der Waals surface area contributed by atoms with E-state index in [4.69, 9.17) is 21.7 Å². The lowest BCUT2D eigenvalue weighted by Crippen LogP contribution is -2.63. The molecular weight excluding hydrogens is 346 g/mol. The Balaban J connectivity index is 1.57. The Kier molecular flexibility index (Phi) is 4.19. The van der Waals surface area contributed by atoms with Crippen molar-refractivity contribution in [2.45, 2.75) is 63.5 Å². The van der Waals surface area contributed by atoms with E-state index in [2.05, 4.69) is 6.19 Å². The van der Waals surface area contributed by atoms with E-state index in [1.807, 2.05) is 13.8 Å². The highest BCUT2D eigenvalue weighted by molar-refractivity contribution is 6.30. The van der Waals surface area contributed by atoms with Gasteiger partial charge in [-0.2, -0.15) is 5.26 Å². The molecule has 1 N–H and O–H groups in total. The van der Waals surface area contributed by atoms with Gasteiger partial charge in [-0.05, 0) is 94.4 Å². The Morgan fingerprint density at radius 2 is 1.65 bits per heavy atom. The van der Waals surface area contributed by atoms with Gasteiger partial charge in [0.2, 0.25) is 0 Å². The van der Waals surface area contributed by atoms with E-state index in [1.54, 1.807) is 29.2 Å². The molecule has 0 atom stereocenters. The number of nitriles is 1. The zero-order valence-corrected chi connectivity index (χ0v) is 16.2. The maximum atomic E-state index is 9.98. The predicted octanol–water partition coefficient (Wildman–Crippen LogP) is 5.23. The van der Waals surface area contributed by atoms with E-state index in [0.717, 1.165) is 37.0 Å². The molecule has 5 rings (SSSR count). The van der Waals surface area contributed by atoms with Gasteiger partial charge in [-0.3, -0.25) is 10.3 Å². The van der Waals surface area contributed by atoms with Crippen LogP contribution in [0.15, 0.2) is 24.3 Å². The number of hydrogen-bond donors (Lipinski definition) is 1. The summed E-state index contributed by atoms with van der Waals surface area (Å²) in [5, 5.41) is 19.5. The number of amidine groups is 1. The normalized spacial score (nSPS) is 32.2. The van der Waals surface area contributed by atoms with E-state index in [0.29, 0.717) is 10.8 Å². The summed E-state index contributed by atoms with van der Waals surface area (Å²) in [4.78, 5) is 1.70. The van der Waals surface area contributed by atoms with E-state index in [1.165, 1.54) is 19.3 Å². The number of benzene rings is 1. The molecule has 4 aliphatic rings. The molecule has 4 bridgehead atoms. The van der Waals surface area contributed by atoms with Crippen molar-refractivity contribution in [2.24, 2.45) is 17.8 Å². The van der Waals surface area contributed by atoms with E-state index in [9.17, 15) is 5.26 Å². The second-order valence-electron chi connectivity index (χ2n) is 8.99. The van der Waals surface area contributed by atoms with Crippen LogP contribution in [-0.2, 0) is 0 Å². The lowest BCUT2D eigenvalue weighted by Gasteiger charge is -2.59. The Bertz CT molecular complexity index is 714. The number of rotatable bonds is 4. The molecule has 26 heavy (non-hydrogen) atoms. The van der Waals surface area contributed by atoms with Crippen LogP contribution in [0.1, 0.15) is 52.4 Å². The molecule has 0 aromatic heterocycles. The quantitative estimate of drug-likeness (QED) is 0.341. The summed E-state index contributed by atoms with van der Waals surface area (Å²) < 4.78 is 6.09. The monoisotopic (exact) mass is 371 g/mol. The average molecular weight is 372 g/mol. The van der Waals surface area contributed by atoms with Gasteiger partial charge in [-0.15, -0.1) is 0 Å². The van der Waals surface area contributed by atoms with Gasteiger partial charge in [0.15, 0.2) is 17.6 Å². The Labute approximate surface area is 160 Å². The zero-order valence-electron chi connectivity index (χ0n) is 15.5. The number of ether oxygens (including phenoxy) is 1. The lowest BCUT2D eigenvalue weighted by atomic mass is 9.52. The molecule has 0 aliphatic heterocycles. The van der Waals surface area contributed by atoms with Crippen LogP contribution in [-0.4, -0.2) is 21.9 Å². The average Bonchev–Trinajstić information content (AvgIpc) is 2.56. The second kappa shape index (κ2) is 6.16. The molecule has 4 fully saturated rings. The third-order valence-electron chi connectivity index (χ3n) is 6.56. The van der Waals surface area contributed by atoms with E-state index >= 15 is 0 Å². The molecule has 138 valence electrons. The second-order valence-corrected chi connectivity index (χ2v) is 9.43. The Hall–Kier alpha value is -1.73. The summed E-state index contributed by atoms with van der Waals surface area (Å²) in [6.45, 7) is 3.74. The van der Waals surface area contributed by atoms with Gasteiger partial charge < -0.3 is 4.74 Å². The third-order valence-corrected chi connectivity index (χ3v) is 6.81. The maximum absolute atomic E-state index is 9.98. The first-order valence-electron chi connectivity index (χ1n) is 9.55. The van der Waals surface area contributed by atoms with Gasteiger partial charge in [-0.1, -0.05) is 11.6 Å². The summed E-state index contributed by atoms with van der Waals surface area (Å²) in [5.41, 5.74) is -1.05. The first-order chi connectivity index (χ1) is 12.3. The fraction of sp³-hybridized carbons (Fsp3) is 0.619. The van der Waals surface area contributed by atoms with Crippen LogP contribution in [0.3, 0.4) is 0 Å². The number of halogens is 1. The topological polar surface area (TPSA) is 60.1 Å². The molecule has 0 spiro atoms. The van der Waals surface area contributed by atoms with Crippen molar-refractivity contribution in [1.29, 1.82) is 10.7 Å². The Morgan fingerprint density at radius 3 is 2.12 bits per heavy atom. The first-order valence-corrected chi connectivity index (χ1v) is 9.93. The maximum Gasteiger partial charge on any atom is 0.185 e. The minimum atomic E-state index is -0.882. The smallest absolute Gasteiger partial charge is 0.185 e. The standard InChI is InChI=1S/C21H26ClN3O/c1-20(2,26-18-5-3-17(22)4-6-18)19(24)25(13-23)21-10-14-7-15(11-21)9-16(8-14)12-21/h3-6,14-16,24H,7-12H2,1-2H3. The molecular formula is C21H26ClN3O. The third kappa shape index (κ3) is 2.97. The zero-order chi connectivity index (χ0) is 18.5. The lowest BCUT2D eigenvalue weighted by molar-refractivity contribution is -0.0501. The largest absolute Gasteiger partial charge is 0.480 e. The van der Waals surface area contributed by atoms with Crippen molar-refractivity contribution < 1.29 is 4.74 Å². The van der Waals surface area contributed by atoms with E-state index < -0.39 is 5.60 Å². The summed E-state index contributed by atoms with van der Waals surface area (Å²) in [7, 11) is 0. The van der Waals surface area contributed by atoms with Crippen molar-refractivity contribution in [3.05, 3.63) is 29.3 Å². The van der Waals surface area contributed by atoms with E-state index in [-0.39, 0.29) is 11.4 Å². The predicted molar refractivity (Wildman–Crippen MR) is 102 cm³/mol. The Morgan fingerprint density at radius 1 is 1.15 bits per heavy atom. The highest BCUT2D eigenvalue weighted by Crippen LogP contribution is 2.58. The van der Waals surface area contributed by atoms with Crippen LogP contribution >= 0.6 is 11.6 Å². The van der Waals surface area contributed by atoms with Crippen LogP contribution < -0.4 is 4.74 Å². The van der Waals surface area contributed by atoms with Crippen LogP contribution in [0.25, 0.3) is 0 Å². The summed E-state index contributed by atoms with van der Waals surface area (Å²) in [5.74, 6) is 3.10. The van der Waals surface area contributed by atoms with Crippen molar-refractivity contribution >= 4 is 17.4 Å². The highest BCUT2D eigenvalue weighted by Gasteiger charge is 2.55. The molecule has 4 aliphatic carbocycles. The fourth-order valence-electron chi connectivity index (χ4n) is 5.85. The van der Waals surface area contributed by atoms with Crippen molar-refractivity contribution in [3.8, 4) is 11.9 Å². The van der Waals surface area contributed by atoms with Gasteiger partial charge in [0, 0.05) is 5.02 Å². The highest BCUT2D eigenvalue weighted by atomic mass is 35.5. The van der Waals surface area contributed by atoms with Crippen LogP contribution in [0.4, 0.5) is 0 Å². The van der Waals surface area contributed by atoms with Crippen LogP contribution in [0.2, 0.25) is 5.02 Å². The molecule has 0 radical (unpaired) electrons. The number of hydrogen-bond acceptors (Lipinski definition) is 3. The van der Waals surface area contributed by atoms with Gasteiger partial charge in [0.25, 0.3) is 0 Å². The van der Waals surface area contributed by atoms with Gasteiger partial charge in [0.1, 0.15) is 5.75 Å². The molecule has 1 aromatic rings. The molecule has 1 aromatic carbocycles. The molecule has 0 amide bonds. The number of nitrogens with one attached hydrogen (secondary N) is 1. The molecule has 0 heterocycles. The summed E-state index contributed by atoms with van der Waals surface area (Å²) in [6.07, 6.45) is 9.46. The van der Waals surface area contributed by atoms with Gasteiger partial charge in [0.05, 0.1) is 5.54 Å². The molecule has 0 saturated heterocycles. The number of nitrogens with zero attached hydrogens (tertiary/aromatic N) is 2. The minimum absolute atomic E-state index is 0.165. The van der Waals surface area contributed by atoms with Crippen molar-refractivity contribution in [3.63, 3.8) is 0 Å². The van der Waals surface area contributed by atoms with Crippen LogP contribution in [0.5, 0.6) is 5.75 Å². The molecule has 4 nitrogen and oxygen atoms in total. The SMILES string of the molecule is CC(C)(Oc1ccc(Cl)cc1)C(=N)N(C#N)C12CC3CC(CC(C3)C1)C2. The molecule has 0 unspecified atom stereocenters. The van der Waals surface area contributed by atoms with Crippen molar-refractivity contribution in [2.75, 3.05) is 0 Å². The van der Waals surface area contributed by atoms with Crippen LogP contribution in [0, 0.1) is 34.6 Å². The molecule has 4 saturated carbocycles.